The molecule has 27 heavy (non-hydrogen) atoms. The molecule has 0 aliphatic carbocycles. The summed E-state index contributed by atoms with van der Waals surface area (Å²) in [6.45, 7) is 1.75. The van der Waals surface area contributed by atoms with Crippen molar-refractivity contribution in [1.29, 1.82) is 0 Å². The Labute approximate surface area is 157 Å². The lowest BCUT2D eigenvalue weighted by Gasteiger charge is -2.13. The van der Waals surface area contributed by atoms with Crippen LogP contribution >= 0.6 is 0 Å². The molecule has 0 spiro atoms. The number of nitrogens with zero attached hydrogens (tertiary/aromatic N) is 1. The molecule has 3 aromatic rings. The molecule has 3 rings (SSSR count). The van der Waals surface area contributed by atoms with E-state index in [4.69, 9.17) is 9.47 Å². The van der Waals surface area contributed by atoms with Gasteiger partial charge in [-0.15, -0.1) is 0 Å². The van der Waals surface area contributed by atoms with Crippen molar-refractivity contribution >= 4 is 12.1 Å². The van der Waals surface area contributed by atoms with Crippen molar-refractivity contribution < 1.29 is 19.1 Å². The van der Waals surface area contributed by atoms with Crippen molar-refractivity contribution in [3.05, 3.63) is 71.9 Å². The molecule has 1 aromatic heterocycles. The first-order valence-corrected chi connectivity index (χ1v) is 8.38. The fourth-order valence-corrected chi connectivity index (χ4v) is 3.07. The predicted molar refractivity (Wildman–Crippen MR) is 103 cm³/mol. The van der Waals surface area contributed by atoms with Crippen LogP contribution < -0.4 is 5.43 Å². The van der Waals surface area contributed by atoms with Gasteiger partial charge in [-0.1, -0.05) is 60.7 Å². The van der Waals surface area contributed by atoms with Gasteiger partial charge in [0.05, 0.1) is 31.2 Å². The van der Waals surface area contributed by atoms with Gasteiger partial charge in [0.1, 0.15) is 0 Å². The molecule has 0 bridgehead atoms. The van der Waals surface area contributed by atoms with E-state index in [-0.39, 0.29) is 0 Å². The van der Waals surface area contributed by atoms with Crippen molar-refractivity contribution in [3.63, 3.8) is 0 Å². The number of ether oxygens (including phenoxy) is 2. The summed E-state index contributed by atoms with van der Waals surface area (Å²) in [5, 5.41) is 0. The number of nitrogens with one attached hydrogen (secondary N) is 1. The minimum Gasteiger partial charge on any atom is -0.465 e. The average Bonchev–Trinajstić information content (AvgIpc) is 3.00. The summed E-state index contributed by atoms with van der Waals surface area (Å²) in [4.78, 5) is 24.5. The van der Waals surface area contributed by atoms with Crippen LogP contribution in [0.4, 0.5) is 4.79 Å². The second kappa shape index (κ2) is 7.78. The molecule has 2 aromatic carbocycles. The third kappa shape index (κ3) is 3.42. The smallest absolute Gasteiger partial charge is 0.426 e. The third-order valence-corrected chi connectivity index (χ3v) is 4.30. The first-order valence-electron chi connectivity index (χ1n) is 8.38. The normalized spacial score (nSPS) is 10.3. The monoisotopic (exact) mass is 364 g/mol. The highest BCUT2D eigenvalue weighted by molar-refractivity contribution is 6.04. The second-order valence-corrected chi connectivity index (χ2v) is 5.85. The van der Waals surface area contributed by atoms with E-state index in [9.17, 15) is 9.59 Å². The molecule has 1 amide bonds. The number of amides is 1. The van der Waals surface area contributed by atoms with Crippen molar-refractivity contribution in [1.82, 2.24) is 4.68 Å². The Morgan fingerprint density at radius 3 is 1.93 bits per heavy atom. The van der Waals surface area contributed by atoms with Gasteiger partial charge in [-0.3, -0.25) is 4.68 Å². The van der Waals surface area contributed by atoms with Gasteiger partial charge in [-0.05, 0) is 12.5 Å². The van der Waals surface area contributed by atoms with Crippen molar-refractivity contribution in [2.75, 3.05) is 19.6 Å². The van der Waals surface area contributed by atoms with E-state index in [1.807, 2.05) is 60.7 Å². The highest BCUT2D eigenvalue weighted by Gasteiger charge is 2.28. The summed E-state index contributed by atoms with van der Waals surface area (Å²) < 4.78 is 11.3. The van der Waals surface area contributed by atoms with E-state index < -0.39 is 12.1 Å². The van der Waals surface area contributed by atoms with E-state index in [1.54, 1.807) is 11.6 Å². The first kappa shape index (κ1) is 18.3. The van der Waals surface area contributed by atoms with Gasteiger partial charge in [0.15, 0.2) is 0 Å². The largest absolute Gasteiger partial charge is 0.465 e. The molecule has 0 radical (unpaired) electrons. The Kier molecular flexibility index (Phi) is 5.26. The Bertz CT molecular complexity index is 963. The Hall–Kier alpha value is -3.54. The fourth-order valence-electron chi connectivity index (χ4n) is 3.07. The fraction of sp³-hybridized carbons (Fsp3) is 0.143. The molecular formula is C21H20N2O4. The highest BCUT2D eigenvalue weighted by atomic mass is 16.5. The molecule has 0 aliphatic rings. The molecule has 138 valence electrons. The second-order valence-electron chi connectivity index (χ2n) is 5.85. The number of carbonyl (C=O) groups excluding carboxylic acids is 2. The lowest BCUT2D eigenvalue weighted by atomic mass is 9.97. The summed E-state index contributed by atoms with van der Waals surface area (Å²) in [6, 6.07) is 19.0. The standard InChI is InChI=1S/C21H20N2O4/c1-14-17(20(24)26-2)18(15-10-6-4-7-11-15)19(16-12-8-5-9-13-16)23(14)22-21(25)27-3/h4-13H,1-3H3,(H,22,25). The zero-order valence-electron chi connectivity index (χ0n) is 15.4. The van der Waals surface area contributed by atoms with Gasteiger partial charge in [-0.2, -0.15) is 0 Å². The number of aromatic nitrogens is 1. The predicted octanol–water partition coefficient (Wildman–Crippen LogP) is 4.23. The van der Waals surface area contributed by atoms with Gasteiger partial charge in [0.25, 0.3) is 0 Å². The molecule has 0 aliphatic heterocycles. The maximum atomic E-state index is 12.6. The number of methoxy groups -OCH3 is 2. The van der Waals surface area contributed by atoms with Gasteiger partial charge < -0.3 is 9.47 Å². The third-order valence-electron chi connectivity index (χ3n) is 4.30. The minimum atomic E-state index is -0.638. The van der Waals surface area contributed by atoms with Crippen LogP contribution in [0, 0.1) is 6.92 Å². The Morgan fingerprint density at radius 2 is 1.41 bits per heavy atom. The number of hydrogen-bond acceptors (Lipinski definition) is 4. The molecule has 0 fully saturated rings. The van der Waals surface area contributed by atoms with E-state index in [1.165, 1.54) is 14.2 Å². The van der Waals surface area contributed by atoms with Gasteiger partial charge in [-0.25, -0.2) is 15.0 Å². The van der Waals surface area contributed by atoms with Crippen LogP contribution in [-0.4, -0.2) is 31.0 Å². The lowest BCUT2D eigenvalue weighted by Crippen LogP contribution is -2.24. The molecule has 0 saturated carbocycles. The van der Waals surface area contributed by atoms with Gasteiger partial charge in [0, 0.05) is 11.1 Å². The molecule has 0 unspecified atom stereocenters. The van der Waals surface area contributed by atoms with E-state index in [0.717, 1.165) is 11.1 Å². The number of esters is 1. The molecule has 6 heteroatoms. The molecular weight excluding hydrogens is 344 g/mol. The van der Waals surface area contributed by atoms with Crippen LogP contribution in [0.15, 0.2) is 60.7 Å². The number of carbonyl (C=O) groups is 2. The number of rotatable bonds is 4. The summed E-state index contributed by atoms with van der Waals surface area (Å²) in [6.07, 6.45) is -0.638. The van der Waals surface area contributed by atoms with Crippen molar-refractivity contribution in [2.24, 2.45) is 0 Å². The van der Waals surface area contributed by atoms with Gasteiger partial charge >= 0.3 is 12.1 Å². The van der Waals surface area contributed by atoms with Crippen LogP contribution in [0.5, 0.6) is 0 Å². The van der Waals surface area contributed by atoms with Gasteiger partial charge in [0.2, 0.25) is 0 Å². The van der Waals surface area contributed by atoms with Crippen molar-refractivity contribution in [2.45, 2.75) is 6.92 Å². The molecule has 0 atom stereocenters. The van der Waals surface area contributed by atoms with E-state index in [2.05, 4.69) is 5.43 Å². The number of hydrogen-bond donors (Lipinski definition) is 1. The number of benzene rings is 2. The van der Waals surface area contributed by atoms with Crippen LogP contribution in [0.2, 0.25) is 0 Å². The van der Waals surface area contributed by atoms with E-state index in [0.29, 0.717) is 22.5 Å². The molecule has 1 heterocycles. The van der Waals surface area contributed by atoms with Crippen LogP contribution in [0.25, 0.3) is 22.4 Å². The minimum absolute atomic E-state index is 0.388. The Balaban J connectivity index is 2.39. The topological polar surface area (TPSA) is 69.6 Å². The summed E-state index contributed by atoms with van der Waals surface area (Å²) in [5.41, 5.74) is 6.65. The zero-order chi connectivity index (χ0) is 19.4. The highest BCUT2D eigenvalue weighted by Crippen LogP contribution is 2.39. The SMILES string of the molecule is COC(=O)Nn1c(C)c(C(=O)OC)c(-c2ccccc2)c1-c1ccccc1. The van der Waals surface area contributed by atoms with Crippen LogP contribution in [0.1, 0.15) is 16.1 Å². The molecule has 1 N–H and O–H groups in total. The zero-order valence-corrected chi connectivity index (χ0v) is 15.4. The van der Waals surface area contributed by atoms with E-state index >= 15 is 0 Å². The molecule has 0 saturated heterocycles. The van der Waals surface area contributed by atoms with Crippen LogP contribution in [-0.2, 0) is 9.47 Å². The lowest BCUT2D eigenvalue weighted by molar-refractivity contribution is 0.0600. The quantitative estimate of drug-likeness (QED) is 0.704. The summed E-state index contributed by atoms with van der Waals surface area (Å²) in [7, 11) is 2.62. The summed E-state index contributed by atoms with van der Waals surface area (Å²) in [5.74, 6) is -0.478. The van der Waals surface area contributed by atoms with Crippen LogP contribution in [0.3, 0.4) is 0 Å². The molecule has 6 nitrogen and oxygen atoms in total. The Morgan fingerprint density at radius 1 is 0.852 bits per heavy atom. The maximum Gasteiger partial charge on any atom is 0.426 e. The summed E-state index contributed by atoms with van der Waals surface area (Å²) >= 11 is 0. The maximum absolute atomic E-state index is 12.6. The van der Waals surface area contributed by atoms with Crippen molar-refractivity contribution in [3.8, 4) is 22.4 Å². The first-order chi connectivity index (χ1) is 13.1. The average molecular weight is 364 g/mol.